The molecule has 0 saturated heterocycles. The summed E-state index contributed by atoms with van der Waals surface area (Å²) in [6.07, 6.45) is 2.32. The lowest BCUT2D eigenvalue weighted by Gasteiger charge is -2.34. The number of aliphatic hydroxyl groups excluding tert-OH is 1. The van der Waals surface area contributed by atoms with Crippen molar-refractivity contribution in [2.24, 2.45) is 5.41 Å². The van der Waals surface area contributed by atoms with Gasteiger partial charge >= 0.3 is 0 Å². The molecule has 0 aliphatic heterocycles. The Hall–Kier alpha value is -2.13. The first kappa shape index (κ1) is 23.2. The second kappa shape index (κ2) is 9.13. The van der Waals surface area contributed by atoms with Gasteiger partial charge in [0.05, 0.1) is 6.10 Å². The maximum atomic E-state index is 11.2. The first-order chi connectivity index (χ1) is 13.6. The zero-order valence-electron chi connectivity index (χ0n) is 19.0. The molecule has 1 N–H and O–H groups in total. The SMILES string of the molecule is CCC(CC)(c1ccc(C=O)c(C)c1)c1ccc(OCC(O)C(C)(C)C)c(C)c1. The van der Waals surface area contributed by atoms with E-state index in [1.807, 2.05) is 39.8 Å². The molecule has 0 spiro atoms. The van der Waals surface area contributed by atoms with Crippen molar-refractivity contribution in [3.05, 3.63) is 64.2 Å². The highest BCUT2D eigenvalue weighted by atomic mass is 16.5. The lowest BCUT2D eigenvalue weighted by atomic mass is 9.70. The van der Waals surface area contributed by atoms with Gasteiger partial charge in [0.1, 0.15) is 18.6 Å². The monoisotopic (exact) mass is 396 g/mol. The van der Waals surface area contributed by atoms with E-state index in [4.69, 9.17) is 4.74 Å². The number of benzene rings is 2. The van der Waals surface area contributed by atoms with E-state index in [0.29, 0.717) is 0 Å². The number of aliphatic hydroxyl groups is 1. The molecule has 3 nitrogen and oxygen atoms in total. The average molecular weight is 397 g/mol. The van der Waals surface area contributed by atoms with Crippen molar-refractivity contribution in [1.29, 1.82) is 0 Å². The number of aryl methyl sites for hydroxylation is 2. The van der Waals surface area contributed by atoms with E-state index in [9.17, 15) is 9.90 Å². The molecule has 3 heteroatoms. The number of carbonyl (C=O) groups is 1. The molecular formula is C26H36O3. The van der Waals surface area contributed by atoms with E-state index < -0.39 is 6.10 Å². The van der Waals surface area contributed by atoms with Crippen LogP contribution in [0.4, 0.5) is 0 Å². The quantitative estimate of drug-likeness (QED) is 0.556. The molecule has 2 rings (SSSR count). The zero-order chi connectivity index (χ0) is 21.8. The van der Waals surface area contributed by atoms with Crippen molar-refractivity contribution in [2.45, 2.75) is 72.8 Å². The fourth-order valence-electron chi connectivity index (χ4n) is 3.87. The van der Waals surface area contributed by atoms with E-state index in [0.717, 1.165) is 41.6 Å². The standard InChI is InChI=1S/C26H36O3/c1-8-26(9-2,21-11-10-20(16-27)18(3)14-21)22-12-13-23(19(4)15-22)29-17-24(28)25(5,6)7/h10-16,24,28H,8-9,17H2,1-7H3. The van der Waals surface area contributed by atoms with Crippen LogP contribution < -0.4 is 4.74 Å². The molecule has 158 valence electrons. The van der Waals surface area contributed by atoms with Crippen LogP contribution in [0.3, 0.4) is 0 Å². The molecule has 0 fully saturated rings. The predicted octanol–water partition coefficient (Wildman–Crippen LogP) is 6.01. The van der Waals surface area contributed by atoms with Crippen molar-refractivity contribution in [1.82, 2.24) is 0 Å². The largest absolute Gasteiger partial charge is 0.491 e. The minimum absolute atomic E-state index is 0.111. The molecule has 2 aromatic rings. The molecule has 0 saturated carbocycles. The van der Waals surface area contributed by atoms with Gasteiger partial charge in [-0.2, -0.15) is 0 Å². The van der Waals surface area contributed by atoms with Crippen LogP contribution in [0, 0.1) is 19.3 Å². The summed E-state index contributed by atoms with van der Waals surface area (Å²) in [5.41, 5.74) is 4.99. The number of hydrogen-bond acceptors (Lipinski definition) is 3. The highest BCUT2D eigenvalue weighted by Gasteiger charge is 2.31. The molecule has 0 aliphatic carbocycles. The summed E-state index contributed by atoms with van der Waals surface area (Å²) in [4.78, 5) is 11.2. The lowest BCUT2D eigenvalue weighted by Crippen LogP contribution is -2.32. The van der Waals surface area contributed by atoms with Crippen LogP contribution in [0.25, 0.3) is 0 Å². The van der Waals surface area contributed by atoms with Crippen molar-refractivity contribution in [3.63, 3.8) is 0 Å². The van der Waals surface area contributed by atoms with Crippen LogP contribution in [0.15, 0.2) is 36.4 Å². The van der Waals surface area contributed by atoms with E-state index in [1.54, 1.807) is 0 Å². The molecular weight excluding hydrogens is 360 g/mol. The van der Waals surface area contributed by atoms with Crippen LogP contribution in [0.1, 0.15) is 80.1 Å². The van der Waals surface area contributed by atoms with Crippen LogP contribution in [0.2, 0.25) is 0 Å². The Labute approximate surface area is 176 Å². The maximum absolute atomic E-state index is 11.2. The fourth-order valence-corrected chi connectivity index (χ4v) is 3.87. The molecule has 29 heavy (non-hydrogen) atoms. The fraction of sp³-hybridized carbons (Fsp3) is 0.500. The molecule has 0 bridgehead atoms. The van der Waals surface area contributed by atoms with E-state index in [2.05, 4.69) is 45.0 Å². The normalized spacial score (nSPS) is 13.2. The summed E-state index contributed by atoms with van der Waals surface area (Å²) in [7, 11) is 0. The Bertz CT molecular complexity index is 842. The Balaban J connectivity index is 2.38. The van der Waals surface area contributed by atoms with Gasteiger partial charge in [-0.3, -0.25) is 4.79 Å². The van der Waals surface area contributed by atoms with E-state index in [1.165, 1.54) is 11.1 Å². The van der Waals surface area contributed by atoms with Gasteiger partial charge in [-0.1, -0.05) is 65.0 Å². The van der Waals surface area contributed by atoms with Gasteiger partial charge < -0.3 is 9.84 Å². The van der Waals surface area contributed by atoms with Gasteiger partial charge in [0, 0.05) is 11.0 Å². The van der Waals surface area contributed by atoms with E-state index >= 15 is 0 Å². The Kier molecular flexibility index (Phi) is 7.29. The predicted molar refractivity (Wildman–Crippen MR) is 120 cm³/mol. The molecule has 2 aromatic carbocycles. The topological polar surface area (TPSA) is 46.5 Å². The van der Waals surface area contributed by atoms with Gasteiger partial charge in [0.15, 0.2) is 0 Å². The summed E-state index contributed by atoms with van der Waals surface area (Å²) in [6, 6.07) is 12.5. The third kappa shape index (κ3) is 4.90. The Morgan fingerprint density at radius 3 is 1.97 bits per heavy atom. The molecule has 1 unspecified atom stereocenters. The molecule has 0 aliphatic rings. The second-order valence-corrected chi connectivity index (χ2v) is 9.15. The smallest absolute Gasteiger partial charge is 0.150 e. The Morgan fingerprint density at radius 1 is 0.966 bits per heavy atom. The summed E-state index contributed by atoms with van der Waals surface area (Å²) in [6.45, 7) is 14.8. The lowest BCUT2D eigenvalue weighted by molar-refractivity contribution is 0.0216. The molecule has 0 amide bonds. The van der Waals surface area contributed by atoms with E-state index in [-0.39, 0.29) is 17.4 Å². The summed E-state index contributed by atoms with van der Waals surface area (Å²) >= 11 is 0. The molecule has 0 radical (unpaired) electrons. The van der Waals surface area contributed by atoms with Crippen molar-refractivity contribution in [3.8, 4) is 5.75 Å². The third-order valence-corrected chi connectivity index (χ3v) is 6.28. The first-order valence-corrected chi connectivity index (χ1v) is 10.6. The highest BCUT2D eigenvalue weighted by molar-refractivity contribution is 5.77. The number of aldehydes is 1. The van der Waals surface area contributed by atoms with Crippen molar-refractivity contribution in [2.75, 3.05) is 6.61 Å². The van der Waals surface area contributed by atoms with Gasteiger partial charge in [0.25, 0.3) is 0 Å². The van der Waals surface area contributed by atoms with Crippen molar-refractivity contribution < 1.29 is 14.6 Å². The number of carbonyl (C=O) groups excluding carboxylic acids is 1. The Morgan fingerprint density at radius 2 is 1.52 bits per heavy atom. The zero-order valence-corrected chi connectivity index (χ0v) is 19.0. The van der Waals surface area contributed by atoms with Crippen LogP contribution >= 0.6 is 0 Å². The second-order valence-electron chi connectivity index (χ2n) is 9.15. The molecule has 1 atom stereocenters. The van der Waals surface area contributed by atoms with Gasteiger partial charge in [-0.05, 0) is 60.4 Å². The summed E-state index contributed by atoms with van der Waals surface area (Å²) in [5.74, 6) is 0.811. The number of hydrogen-bond donors (Lipinski definition) is 1. The van der Waals surface area contributed by atoms with Crippen LogP contribution in [-0.2, 0) is 5.41 Å². The summed E-state index contributed by atoms with van der Waals surface area (Å²) < 4.78 is 5.93. The van der Waals surface area contributed by atoms with Gasteiger partial charge in [-0.25, -0.2) is 0 Å². The third-order valence-electron chi connectivity index (χ3n) is 6.28. The highest BCUT2D eigenvalue weighted by Crippen LogP contribution is 2.40. The minimum Gasteiger partial charge on any atom is -0.491 e. The number of ether oxygens (including phenoxy) is 1. The minimum atomic E-state index is -0.522. The van der Waals surface area contributed by atoms with Crippen molar-refractivity contribution >= 4 is 6.29 Å². The summed E-state index contributed by atoms with van der Waals surface area (Å²) in [5, 5.41) is 10.3. The maximum Gasteiger partial charge on any atom is 0.150 e. The van der Waals surface area contributed by atoms with Gasteiger partial charge in [0.2, 0.25) is 0 Å². The molecule has 0 heterocycles. The average Bonchev–Trinajstić information content (AvgIpc) is 2.68. The molecule has 0 aromatic heterocycles. The van der Waals surface area contributed by atoms with Crippen LogP contribution in [-0.4, -0.2) is 24.1 Å². The van der Waals surface area contributed by atoms with Gasteiger partial charge in [-0.15, -0.1) is 0 Å². The first-order valence-electron chi connectivity index (χ1n) is 10.6. The number of rotatable bonds is 8. The van der Waals surface area contributed by atoms with Crippen LogP contribution in [0.5, 0.6) is 5.75 Å².